The van der Waals surface area contributed by atoms with Crippen LogP contribution < -0.4 is 9.97 Å². The Kier molecular flexibility index (Phi) is 13.7. The monoisotopic (exact) mass is 262 g/mol. The van der Waals surface area contributed by atoms with E-state index in [0.717, 1.165) is 0 Å². The fraction of sp³-hybridized carbons (Fsp3) is 0. The van der Waals surface area contributed by atoms with E-state index in [1.54, 1.807) is 0 Å². The topological polar surface area (TPSA) is 168 Å². The molecule has 0 aliphatic heterocycles. The van der Waals surface area contributed by atoms with Crippen molar-refractivity contribution in [3.63, 3.8) is 0 Å². The molecule has 0 saturated heterocycles. The Balaban J connectivity index is 0. The predicted octanol–water partition coefficient (Wildman–Crippen LogP) is -0.287. The fourth-order valence-electron chi connectivity index (χ4n) is 0.454. The van der Waals surface area contributed by atoms with Crippen molar-refractivity contribution >= 4 is 11.7 Å². The summed E-state index contributed by atoms with van der Waals surface area (Å²) in [4.78, 5) is 5.72. The lowest BCUT2D eigenvalue weighted by Crippen LogP contribution is -2.07. The van der Waals surface area contributed by atoms with Crippen LogP contribution in [0.3, 0.4) is 0 Å². The molecule has 2 N–H and O–H groups in total. The Labute approximate surface area is 114 Å². The molecule has 8 heteroatoms. The van der Waals surface area contributed by atoms with Gasteiger partial charge in [0, 0.05) is 0 Å². The molecule has 0 radical (unpaired) electrons. The van der Waals surface area contributed by atoms with Gasteiger partial charge in [-0.05, 0) is 0 Å². The Bertz CT molecular complexity index is 561. The summed E-state index contributed by atoms with van der Waals surface area (Å²) in [6.45, 7) is 0. The normalized spacial score (nSPS) is 5.80. The van der Waals surface area contributed by atoms with Crippen LogP contribution in [-0.4, -0.2) is 11.7 Å². The molecule has 0 spiro atoms. The van der Waals surface area contributed by atoms with Gasteiger partial charge in [0.1, 0.15) is 35.4 Å². The van der Waals surface area contributed by atoms with Gasteiger partial charge in [0.15, 0.2) is 0 Å². The van der Waals surface area contributed by atoms with Crippen LogP contribution in [0.2, 0.25) is 0 Å². The number of rotatable bonds is 0. The van der Waals surface area contributed by atoms with Crippen molar-refractivity contribution < 1.29 is 9.97 Å². The van der Waals surface area contributed by atoms with E-state index in [-0.39, 0.29) is 0 Å². The lowest BCUT2D eigenvalue weighted by Gasteiger charge is -1.68. The minimum atomic E-state index is -0.403. The molecular weight excluding hydrogens is 256 g/mol. The minimum Gasteiger partial charge on any atom is -0.762 e. The number of H-pyrrole nitrogens is 2. The highest BCUT2D eigenvalue weighted by atomic mass is 14.7. The van der Waals surface area contributed by atoms with Gasteiger partial charge in [0.05, 0.1) is 0 Å². The summed E-state index contributed by atoms with van der Waals surface area (Å²) < 4.78 is 0. The minimum absolute atomic E-state index is 0.403. The third-order valence-electron chi connectivity index (χ3n) is 1.22. The van der Waals surface area contributed by atoms with Crippen LogP contribution >= 0.6 is 0 Å². The molecule has 0 fully saturated rings. The zero-order chi connectivity index (χ0) is 15.6. The zero-order valence-corrected chi connectivity index (χ0v) is 9.99. The van der Waals surface area contributed by atoms with Crippen LogP contribution in [0, 0.1) is 45.3 Å². The quantitative estimate of drug-likeness (QED) is 0.462. The number of aromatic nitrogens is 2. The Morgan fingerprint density at radius 2 is 0.900 bits per heavy atom. The van der Waals surface area contributed by atoms with Crippen molar-refractivity contribution in [2.45, 2.75) is 0 Å². The lowest BCUT2D eigenvalue weighted by molar-refractivity contribution is -0.447. The van der Waals surface area contributed by atoms with Gasteiger partial charge in [0.25, 0.3) is 0 Å². The number of hydrogen-bond acceptors (Lipinski definition) is 4. The van der Waals surface area contributed by atoms with E-state index < -0.39 is 11.1 Å². The van der Waals surface area contributed by atoms with Crippen molar-refractivity contribution in [1.82, 2.24) is 0 Å². The molecule has 1 heterocycles. The van der Waals surface area contributed by atoms with Crippen molar-refractivity contribution in [3.05, 3.63) is 46.8 Å². The van der Waals surface area contributed by atoms with Gasteiger partial charge >= 0.3 is 0 Å². The number of nitrogens with one attached hydrogen (secondary N) is 2. The molecular formula is C12H6N8. The second kappa shape index (κ2) is 14.9. The first-order chi connectivity index (χ1) is 9.69. The summed E-state index contributed by atoms with van der Waals surface area (Å²) in [5, 5.41) is 46.8. The standard InChI is InChI=1S/2C4N3.C4H4N2/c2*5-1-4(2-6)3-7;1-2-6-4-3-5-1/h;;1-4H/q2*-1;/p+2. The van der Waals surface area contributed by atoms with Gasteiger partial charge in [-0.1, -0.05) is 0 Å². The maximum Gasteiger partial charge on any atom is 0.231 e. The molecule has 20 heavy (non-hydrogen) atoms. The highest BCUT2D eigenvalue weighted by Crippen LogP contribution is 1.75. The summed E-state index contributed by atoms with van der Waals surface area (Å²) in [7, 11) is 0. The second-order valence-corrected chi connectivity index (χ2v) is 2.42. The predicted molar refractivity (Wildman–Crippen MR) is 65.8 cm³/mol. The molecule has 94 valence electrons. The van der Waals surface area contributed by atoms with Gasteiger partial charge < -0.3 is 10.8 Å². The summed E-state index contributed by atoms with van der Waals surface area (Å²) in [5.74, 6) is 2.79. The SMILES string of the molecule is N#CC(=C=[N-])C#N.N#CC(=C=[N-])C#N.c1c[nH+]cc[nH+]1. The lowest BCUT2D eigenvalue weighted by atomic mass is 10.4. The summed E-state index contributed by atoms with van der Waals surface area (Å²) in [6.07, 6.45) is 7.28. The van der Waals surface area contributed by atoms with Crippen molar-refractivity contribution in [2.24, 2.45) is 0 Å². The van der Waals surface area contributed by atoms with E-state index in [2.05, 4.69) is 9.97 Å². The number of nitrogens with zero attached hydrogens (tertiary/aromatic N) is 6. The van der Waals surface area contributed by atoms with Crippen LogP contribution in [0.25, 0.3) is 10.8 Å². The molecule has 0 bridgehead atoms. The summed E-state index contributed by atoms with van der Waals surface area (Å²) >= 11 is 0. The fourth-order valence-corrected chi connectivity index (χ4v) is 0.454. The Morgan fingerprint density at radius 1 is 0.650 bits per heavy atom. The van der Waals surface area contributed by atoms with E-state index in [0.29, 0.717) is 0 Å². The van der Waals surface area contributed by atoms with Crippen LogP contribution in [0.4, 0.5) is 0 Å². The highest BCUT2D eigenvalue weighted by molar-refractivity contribution is 5.71. The van der Waals surface area contributed by atoms with Crippen LogP contribution in [-0.2, 0) is 0 Å². The first kappa shape index (κ1) is 18.3. The molecule has 8 nitrogen and oxygen atoms in total. The summed E-state index contributed by atoms with van der Waals surface area (Å²) in [5.41, 5.74) is -0.806. The largest absolute Gasteiger partial charge is 0.762 e. The van der Waals surface area contributed by atoms with E-state index in [1.165, 1.54) is 36.0 Å². The van der Waals surface area contributed by atoms with E-state index in [9.17, 15) is 0 Å². The number of allylic oxidation sites excluding steroid dienone is 2. The maximum atomic E-state index is 7.79. The first-order valence-electron chi connectivity index (χ1n) is 4.66. The molecule has 0 amide bonds. The third kappa shape index (κ3) is 12.0. The van der Waals surface area contributed by atoms with Crippen LogP contribution in [0.5, 0.6) is 0 Å². The maximum absolute atomic E-state index is 7.79. The molecule has 0 aliphatic carbocycles. The van der Waals surface area contributed by atoms with E-state index >= 15 is 0 Å². The molecule has 1 aromatic rings. The van der Waals surface area contributed by atoms with E-state index in [1.807, 2.05) is 24.8 Å². The molecule has 1 rings (SSSR count). The molecule has 0 atom stereocenters. The van der Waals surface area contributed by atoms with Gasteiger partial charge in [-0.2, -0.15) is 21.0 Å². The van der Waals surface area contributed by atoms with Gasteiger partial charge in [0.2, 0.25) is 24.8 Å². The highest BCUT2D eigenvalue weighted by Gasteiger charge is 1.78. The molecule has 0 aliphatic rings. The molecule has 0 unspecified atom stereocenters. The zero-order valence-electron chi connectivity index (χ0n) is 9.99. The number of aromatic amines is 2. The van der Waals surface area contributed by atoms with Gasteiger partial charge in [-0.3, -0.25) is 0 Å². The van der Waals surface area contributed by atoms with E-state index in [4.69, 9.17) is 31.9 Å². The average molecular weight is 262 g/mol. The molecule has 0 aromatic carbocycles. The number of nitriles is 4. The Morgan fingerprint density at radius 3 is 0.950 bits per heavy atom. The number of hydrogen-bond donors (Lipinski definition) is 0. The summed E-state index contributed by atoms with van der Waals surface area (Å²) in [6, 6.07) is 5.58. The molecule has 0 saturated carbocycles. The van der Waals surface area contributed by atoms with Crippen LogP contribution in [0.15, 0.2) is 35.9 Å². The third-order valence-corrected chi connectivity index (χ3v) is 1.22. The van der Waals surface area contributed by atoms with Crippen molar-refractivity contribution in [2.75, 3.05) is 0 Å². The van der Waals surface area contributed by atoms with Gasteiger partial charge in [-0.15, -0.1) is 0 Å². The molecule has 1 aromatic heterocycles. The van der Waals surface area contributed by atoms with Gasteiger partial charge in [-0.25, -0.2) is 21.7 Å². The first-order valence-corrected chi connectivity index (χ1v) is 4.66. The average Bonchev–Trinajstić information content (AvgIpc) is 2.54. The second-order valence-electron chi connectivity index (χ2n) is 2.42. The van der Waals surface area contributed by atoms with Crippen LogP contribution in [0.1, 0.15) is 0 Å². The Hall–Kier alpha value is -4.06. The smallest absolute Gasteiger partial charge is 0.231 e. The van der Waals surface area contributed by atoms with Crippen molar-refractivity contribution in [1.29, 1.82) is 21.0 Å². The van der Waals surface area contributed by atoms with Crippen molar-refractivity contribution in [3.8, 4) is 24.3 Å².